The summed E-state index contributed by atoms with van der Waals surface area (Å²) in [5, 5.41) is 4.60. The zero-order valence-corrected chi connectivity index (χ0v) is 25.4. The van der Waals surface area contributed by atoms with Gasteiger partial charge in [0.1, 0.15) is 11.6 Å². The first-order valence-corrected chi connectivity index (χ1v) is 14.8. The summed E-state index contributed by atoms with van der Waals surface area (Å²) in [5.74, 6) is -0.869. The molecule has 0 radical (unpaired) electrons. The number of aromatic nitrogens is 1. The summed E-state index contributed by atoms with van der Waals surface area (Å²) >= 11 is 6.14. The molecule has 1 aliphatic heterocycles. The van der Waals surface area contributed by atoms with Crippen LogP contribution in [0, 0.1) is 12.7 Å². The Labute approximate surface area is 260 Å². The van der Waals surface area contributed by atoms with Gasteiger partial charge in [-0.2, -0.15) is 0 Å². The number of fused-ring (bicyclic) bond motifs is 1. The Morgan fingerprint density at radius 1 is 1.14 bits per heavy atom. The molecule has 0 unspecified atom stereocenters. The van der Waals surface area contributed by atoms with Crippen molar-refractivity contribution in [3.63, 3.8) is 0 Å². The van der Waals surface area contributed by atoms with Crippen molar-refractivity contribution < 1.29 is 23.5 Å². The van der Waals surface area contributed by atoms with Crippen LogP contribution in [0.4, 0.5) is 4.39 Å². The molecule has 2 heterocycles. The standard InChI is InChI=1S/C34H34ClFN4O4/c1-4-31(41)40-16-15-39(20-22(40)3)34(43)32(24-6-5-21(2)29(36)17-24)44-27-10-7-23(8-11-27)33(42)37-14-13-25-19-38-30-12-9-26(35)18-28(25)30/h4-12,17-19,22,32,38H,1,13-16,20H2,2-3H3,(H,37,42)/t22-,32-/m1/s1. The number of nitrogens with zero attached hydrogens (tertiary/aromatic N) is 2. The van der Waals surface area contributed by atoms with Crippen LogP contribution >= 0.6 is 11.6 Å². The van der Waals surface area contributed by atoms with Crippen LogP contribution in [0.15, 0.2) is 79.5 Å². The molecule has 5 rings (SSSR count). The molecule has 44 heavy (non-hydrogen) atoms. The van der Waals surface area contributed by atoms with Crippen LogP contribution in [-0.4, -0.2) is 64.7 Å². The molecular formula is C34H34ClFN4O4. The monoisotopic (exact) mass is 616 g/mol. The third-order valence-corrected chi connectivity index (χ3v) is 8.13. The molecule has 3 aromatic carbocycles. The van der Waals surface area contributed by atoms with Crippen molar-refractivity contribution in [2.45, 2.75) is 32.4 Å². The van der Waals surface area contributed by atoms with Gasteiger partial charge in [0.2, 0.25) is 12.0 Å². The van der Waals surface area contributed by atoms with Crippen LogP contribution in [0.25, 0.3) is 10.9 Å². The lowest BCUT2D eigenvalue weighted by Gasteiger charge is -2.40. The average Bonchev–Trinajstić information content (AvgIpc) is 3.42. The molecule has 1 aliphatic rings. The van der Waals surface area contributed by atoms with Crippen molar-refractivity contribution in [2.24, 2.45) is 0 Å². The van der Waals surface area contributed by atoms with Gasteiger partial charge < -0.3 is 24.8 Å². The molecule has 0 bridgehead atoms. The van der Waals surface area contributed by atoms with Gasteiger partial charge in [-0.15, -0.1) is 0 Å². The first-order chi connectivity index (χ1) is 21.1. The van der Waals surface area contributed by atoms with E-state index in [9.17, 15) is 18.8 Å². The van der Waals surface area contributed by atoms with Gasteiger partial charge in [0.25, 0.3) is 11.8 Å². The van der Waals surface area contributed by atoms with Crippen LogP contribution < -0.4 is 10.1 Å². The highest BCUT2D eigenvalue weighted by atomic mass is 35.5. The van der Waals surface area contributed by atoms with Crippen LogP contribution in [0.3, 0.4) is 0 Å². The van der Waals surface area contributed by atoms with Crippen molar-refractivity contribution in [1.82, 2.24) is 20.1 Å². The molecule has 1 aromatic heterocycles. The number of H-pyrrole nitrogens is 1. The topological polar surface area (TPSA) is 94.7 Å². The maximum absolute atomic E-state index is 14.6. The predicted molar refractivity (Wildman–Crippen MR) is 168 cm³/mol. The molecule has 1 fully saturated rings. The average molecular weight is 617 g/mol. The number of halogens is 2. The summed E-state index contributed by atoms with van der Waals surface area (Å²) in [4.78, 5) is 45.3. The summed E-state index contributed by atoms with van der Waals surface area (Å²) in [6, 6.07) is 16.5. The van der Waals surface area contributed by atoms with Crippen molar-refractivity contribution in [2.75, 3.05) is 26.2 Å². The van der Waals surface area contributed by atoms with Gasteiger partial charge in [0.05, 0.1) is 0 Å². The number of hydrogen-bond acceptors (Lipinski definition) is 4. The summed E-state index contributed by atoms with van der Waals surface area (Å²) < 4.78 is 20.7. The van der Waals surface area contributed by atoms with E-state index in [1.54, 1.807) is 53.1 Å². The number of carbonyl (C=O) groups excluding carboxylic acids is 3. The molecule has 4 aromatic rings. The van der Waals surface area contributed by atoms with Gasteiger partial charge in [-0.1, -0.05) is 30.3 Å². The lowest BCUT2D eigenvalue weighted by atomic mass is 10.0. The maximum atomic E-state index is 14.6. The molecule has 0 saturated carbocycles. The van der Waals surface area contributed by atoms with E-state index in [1.807, 2.05) is 31.3 Å². The van der Waals surface area contributed by atoms with Crippen LogP contribution in [0.2, 0.25) is 5.02 Å². The molecule has 2 atom stereocenters. The lowest BCUT2D eigenvalue weighted by Crippen LogP contribution is -2.56. The van der Waals surface area contributed by atoms with E-state index in [1.165, 1.54) is 12.1 Å². The number of aromatic amines is 1. The van der Waals surface area contributed by atoms with Gasteiger partial charge in [-0.25, -0.2) is 4.39 Å². The first-order valence-electron chi connectivity index (χ1n) is 14.4. The fraction of sp³-hybridized carbons (Fsp3) is 0.265. The normalized spacial score (nSPS) is 15.6. The van der Waals surface area contributed by atoms with Gasteiger partial charge in [0, 0.05) is 65.5 Å². The van der Waals surface area contributed by atoms with E-state index in [4.69, 9.17) is 16.3 Å². The number of hydrogen-bond donors (Lipinski definition) is 2. The van der Waals surface area contributed by atoms with E-state index in [0.29, 0.717) is 60.1 Å². The molecule has 8 nitrogen and oxygen atoms in total. The van der Waals surface area contributed by atoms with Gasteiger partial charge in [0.15, 0.2) is 0 Å². The van der Waals surface area contributed by atoms with Gasteiger partial charge >= 0.3 is 0 Å². The number of rotatable bonds is 9. The Bertz CT molecular complexity index is 1700. The van der Waals surface area contributed by atoms with Crippen molar-refractivity contribution in [1.29, 1.82) is 0 Å². The van der Waals surface area contributed by atoms with Gasteiger partial charge in [-0.3, -0.25) is 14.4 Å². The Kier molecular flexibility index (Phi) is 9.35. The summed E-state index contributed by atoms with van der Waals surface area (Å²) in [6.45, 7) is 8.45. The second-order valence-electron chi connectivity index (χ2n) is 10.9. The fourth-order valence-electron chi connectivity index (χ4n) is 5.39. The number of piperazine rings is 1. The molecule has 2 N–H and O–H groups in total. The molecule has 0 aliphatic carbocycles. The molecule has 0 spiro atoms. The van der Waals surface area contributed by atoms with Crippen molar-refractivity contribution in [3.05, 3.63) is 113 Å². The summed E-state index contributed by atoms with van der Waals surface area (Å²) in [7, 11) is 0. The largest absolute Gasteiger partial charge is 0.476 e. The number of nitrogens with one attached hydrogen (secondary N) is 2. The molecule has 1 saturated heterocycles. The van der Waals surface area contributed by atoms with E-state index >= 15 is 0 Å². The zero-order chi connectivity index (χ0) is 31.4. The molecular weight excluding hydrogens is 583 g/mol. The first kappa shape index (κ1) is 30.8. The Hall–Kier alpha value is -4.63. The minimum Gasteiger partial charge on any atom is -0.476 e. The smallest absolute Gasteiger partial charge is 0.268 e. The Morgan fingerprint density at radius 3 is 2.61 bits per heavy atom. The predicted octanol–water partition coefficient (Wildman–Crippen LogP) is 5.61. The highest BCUT2D eigenvalue weighted by molar-refractivity contribution is 6.31. The fourth-order valence-corrected chi connectivity index (χ4v) is 5.56. The van der Waals surface area contributed by atoms with Crippen molar-refractivity contribution >= 4 is 40.2 Å². The quantitative estimate of drug-likeness (QED) is 0.239. The van der Waals surface area contributed by atoms with Crippen LogP contribution in [0.1, 0.15) is 40.1 Å². The van der Waals surface area contributed by atoms with E-state index < -0.39 is 11.9 Å². The molecule has 228 valence electrons. The minimum atomic E-state index is -1.12. The van der Waals surface area contributed by atoms with E-state index in [0.717, 1.165) is 16.5 Å². The lowest BCUT2D eigenvalue weighted by molar-refractivity contribution is -0.145. The molecule has 3 amide bonds. The second-order valence-corrected chi connectivity index (χ2v) is 11.3. The van der Waals surface area contributed by atoms with Crippen LogP contribution in [0.5, 0.6) is 5.75 Å². The van der Waals surface area contributed by atoms with E-state index in [-0.39, 0.29) is 23.8 Å². The highest BCUT2D eigenvalue weighted by Crippen LogP contribution is 2.28. The Balaban J connectivity index is 1.26. The highest BCUT2D eigenvalue weighted by Gasteiger charge is 2.34. The van der Waals surface area contributed by atoms with E-state index in [2.05, 4.69) is 16.9 Å². The summed E-state index contributed by atoms with van der Waals surface area (Å²) in [5.41, 5.74) is 3.29. The third kappa shape index (κ3) is 6.78. The number of carbonyl (C=O) groups is 3. The number of amides is 3. The number of ether oxygens (including phenoxy) is 1. The molecule has 10 heteroatoms. The zero-order valence-electron chi connectivity index (χ0n) is 24.6. The third-order valence-electron chi connectivity index (χ3n) is 7.90. The maximum Gasteiger partial charge on any atom is 0.268 e. The number of aryl methyl sites for hydroxylation is 1. The van der Waals surface area contributed by atoms with Crippen molar-refractivity contribution in [3.8, 4) is 5.75 Å². The van der Waals surface area contributed by atoms with Gasteiger partial charge in [-0.05, 0) is 86.0 Å². The second kappa shape index (κ2) is 13.3. The Morgan fingerprint density at radius 2 is 1.91 bits per heavy atom. The summed E-state index contributed by atoms with van der Waals surface area (Å²) in [6.07, 6.45) is 2.68. The SMILES string of the molecule is C=CC(=O)N1CCN(C(=O)[C@H](Oc2ccc(C(=O)NCCc3c[nH]c4ccc(Cl)cc34)cc2)c2ccc(C)c(F)c2)C[C@H]1C. The minimum absolute atomic E-state index is 0.190. The number of benzene rings is 3. The van der Waals surface area contributed by atoms with Crippen LogP contribution in [-0.2, 0) is 16.0 Å².